The third-order valence-corrected chi connectivity index (χ3v) is 4.04. The standard InChI is InChI=1S/C22H20O4/c1-2-7-17-9-4-6-11-19(17)25-14-15-26-20-13-12-16-8-3-5-10-18(16)21(20)22(23)24/h2-6,8-13H,1,7,14-15H2,(H,23,24). The Morgan fingerprint density at radius 2 is 1.62 bits per heavy atom. The van der Waals surface area contributed by atoms with Crippen molar-refractivity contribution in [1.29, 1.82) is 0 Å². The van der Waals surface area contributed by atoms with Gasteiger partial charge in [0.2, 0.25) is 0 Å². The second-order valence-electron chi connectivity index (χ2n) is 5.76. The van der Waals surface area contributed by atoms with Gasteiger partial charge in [0.1, 0.15) is 30.3 Å². The molecule has 0 saturated heterocycles. The lowest BCUT2D eigenvalue weighted by atomic mass is 10.0. The number of carbonyl (C=O) groups is 1. The number of carboxylic acid groups (broad SMARTS) is 1. The van der Waals surface area contributed by atoms with Crippen LogP contribution in [-0.4, -0.2) is 24.3 Å². The van der Waals surface area contributed by atoms with Gasteiger partial charge in [0.25, 0.3) is 0 Å². The molecular weight excluding hydrogens is 328 g/mol. The first-order valence-corrected chi connectivity index (χ1v) is 8.40. The molecule has 0 radical (unpaired) electrons. The van der Waals surface area contributed by atoms with Gasteiger partial charge in [-0.05, 0) is 34.9 Å². The smallest absolute Gasteiger partial charge is 0.340 e. The van der Waals surface area contributed by atoms with Gasteiger partial charge in [-0.15, -0.1) is 6.58 Å². The van der Waals surface area contributed by atoms with Crippen LogP contribution < -0.4 is 9.47 Å². The summed E-state index contributed by atoms with van der Waals surface area (Å²) in [4.78, 5) is 11.7. The number of benzene rings is 3. The summed E-state index contributed by atoms with van der Waals surface area (Å²) in [5.41, 5.74) is 1.23. The van der Waals surface area contributed by atoms with E-state index in [4.69, 9.17) is 9.47 Å². The highest BCUT2D eigenvalue weighted by Gasteiger charge is 2.15. The van der Waals surface area contributed by atoms with E-state index >= 15 is 0 Å². The monoisotopic (exact) mass is 348 g/mol. The molecule has 0 amide bonds. The number of hydrogen-bond acceptors (Lipinski definition) is 3. The van der Waals surface area contributed by atoms with Crippen molar-refractivity contribution in [2.75, 3.05) is 13.2 Å². The van der Waals surface area contributed by atoms with Crippen LogP contribution in [0, 0.1) is 0 Å². The summed E-state index contributed by atoms with van der Waals surface area (Å²) >= 11 is 0. The summed E-state index contributed by atoms with van der Waals surface area (Å²) < 4.78 is 11.5. The predicted molar refractivity (Wildman–Crippen MR) is 102 cm³/mol. The second-order valence-corrected chi connectivity index (χ2v) is 5.76. The fourth-order valence-corrected chi connectivity index (χ4v) is 2.86. The fraction of sp³-hybridized carbons (Fsp3) is 0.136. The Kier molecular flexibility index (Phi) is 5.54. The molecule has 3 aromatic carbocycles. The number of hydrogen-bond donors (Lipinski definition) is 1. The lowest BCUT2D eigenvalue weighted by molar-refractivity contribution is 0.0693. The zero-order chi connectivity index (χ0) is 18.4. The predicted octanol–water partition coefficient (Wildman–Crippen LogP) is 4.72. The maximum atomic E-state index is 11.7. The van der Waals surface area contributed by atoms with Gasteiger partial charge in [0.15, 0.2) is 0 Å². The van der Waals surface area contributed by atoms with Gasteiger partial charge in [0.05, 0.1) is 0 Å². The minimum Gasteiger partial charge on any atom is -0.490 e. The van der Waals surface area contributed by atoms with Gasteiger partial charge in [-0.3, -0.25) is 0 Å². The highest BCUT2D eigenvalue weighted by Crippen LogP contribution is 2.28. The molecule has 0 aliphatic heterocycles. The van der Waals surface area contributed by atoms with E-state index in [9.17, 15) is 9.90 Å². The molecule has 4 heteroatoms. The topological polar surface area (TPSA) is 55.8 Å². The molecule has 26 heavy (non-hydrogen) atoms. The van der Waals surface area contributed by atoms with Crippen LogP contribution in [0.15, 0.2) is 73.3 Å². The van der Waals surface area contributed by atoms with Crippen molar-refractivity contribution < 1.29 is 19.4 Å². The molecule has 0 bridgehead atoms. The van der Waals surface area contributed by atoms with Crippen LogP contribution in [0.4, 0.5) is 0 Å². The first-order valence-electron chi connectivity index (χ1n) is 8.40. The van der Waals surface area contributed by atoms with Crippen molar-refractivity contribution in [3.05, 3.63) is 84.4 Å². The molecule has 4 nitrogen and oxygen atoms in total. The van der Waals surface area contributed by atoms with Crippen molar-refractivity contribution in [3.8, 4) is 11.5 Å². The lowest BCUT2D eigenvalue weighted by Gasteiger charge is -2.13. The third kappa shape index (κ3) is 3.86. The molecule has 0 saturated carbocycles. The summed E-state index contributed by atoms with van der Waals surface area (Å²) in [7, 11) is 0. The third-order valence-electron chi connectivity index (χ3n) is 4.04. The Morgan fingerprint density at radius 3 is 2.38 bits per heavy atom. The van der Waals surface area contributed by atoms with Crippen LogP contribution in [0.1, 0.15) is 15.9 Å². The van der Waals surface area contributed by atoms with Gasteiger partial charge in [0, 0.05) is 0 Å². The molecule has 0 unspecified atom stereocenters. The van der Waals surface area contributed by atoms with E-state index in [2.05, 4.69) is 6.58 Å². The largest absolute Gasteiger partial charge is 0.490 e. The second kappa shape index (κ2) is 8.21. The van der Waals surface area contributed by atoms with Crippen LogP contribution in [0.3, 0.4) is 0 Å². The highest BCUT2D eigenvalue weighted by atomic mass is 16.5. The molecule has 0 aliphatic carbocycles. The van der Waals surface area contributed by atoms with Crippen LogP contribution in [0.25, 0.3) is 10.8 Å². The normalized spacial score (nSPS) is 10.5. The van der Waals surface area contributed by atoms with Crippen LogP contribution in [-0.2, 0) is 6.42 Å². The molecule has 3 aromatic rings. The molecule has 0 atom stereocenters. The number of rotatable bonds is 8. The molecule has 1 N–H and O–H groups in total. The Bertz CT molecular complexity index is 930. The van der Waals surface area contributed by atoms with Crippen LogP contribution in [0.5, 0.6) is 11.5 Å². The van der Waals surface area contributed by atoms with Gasteiger partial charge >= 0.3 is 5.97 Å². The van der Waals surface area contributed by atoms with E-state index in [-0.39, 0.29) is 12.2 Å². The van der Waals surface area contributed by atoms with E-state index in [0.29, 0.717) is 17.7 Å². The molecular formula is C22H20O4. The summed E-state index contributed by atoms with van der Waals surface area (Å²) in [6, 6.07) is 18.7. The molecule has 0 aromatic heterocycles. The van der Waals surface area contributed by atoms with E-state index in [1.165, 1.54) is 0 Å². The van der Waals surface area contributed by atoms with Gasteiger partial charge in [-0.1, -0.05) is 54.6 Å². The summed E-state index contributed by atoms with van der Waals surface area (Å²) in [5, 5.41) is 11.1. The zero-order valence-corrected chi connectivity index (χ0v) is 14.4. The molecule has 0 spiro atoms. The van der Waals surface area contributed by atoms with E-state index in [1.807, 2.05) is 54.6 Å². The van der Waals surface area contributed by atoms with Crippen molar-refractivity contribution >= 4 is 16.7 Å². The molecule has 0 heterocycles. The lowest BCUT2D eigenvalue weighted by Crippen LogP contribution is -2.12. The Labute approximate surface area is 152 Å². The zero-order valence-electron chi connectivity index (χ0n) is 14.4. The van der Waals surface area contributed by atoms with Gasteiger partial charge < -0.3 is 14.6 Å². The first-order chi connectivity index (χ1) is 12.7. The fourth-order valence-electron chi connectivity index (χ4n) is 2.86. The highest BCUT2D eigenvalue weighted by molar-refractivity contribution is 6.06. The Hall–Kier alpha value is -3.27. The minimum atomic E-state index is -1.01. The van der Waals surface area contributed by atoms with Crippen LogP contribution in [0.2, 0.25) is 0 Å². The summed E-state index contributed by atoms with van der Waals surface area (Å²) in [6.45, 7) is 4.32. The average molecular weight is 348 g/mol. The molecule has 132 valence electrons. The minimum absolute atomic E-state index is 0.176. The molecule has 3 rings (SSSR count). The van der Waals surface area contributed by atoms with E-state index < -0.39 is 5.97 Å². The Balaban J connectivity index is 1.70. The quantitative estimate of drug-likeness (QED) is 0.472. The maximum Gasteiger partial charge on any atom is 0.340 e. The summed E-state index contributed by atoms with van der Waals surface area (Å²) in [6.07, 6.45) is 2.55. The van der Waals surface area contributed by atoms with Crippen molar-refractivity contribution in [2.24, 2.45) is 0 Å². The van der Waals surface area contributed by atoms with Gasteiger partial charge in [-0.25, -0.2) is 4.79 Å². The maximum absolute atomic E-state index is 11.7. The number of carboxylic acids is 1. The van der Waals surface area contributed by atoms with Crippen LogP contribution >= 0.6 is 0 Å². The molecule has 0 aliphatic rings. The van der Waals surface area contributed by atoms with Crippen molar-refractivity contribution in [2.45, 2.75) is 6.42 Å². The Morgan fingerprint density at radius 1 is 0.923 bits per heavy atom. The number of aromatic carboxylic acids is 1. The number of allylic oxidation sites excluding steroid dienone is 1. The van der Waals surface area contributed by atoms with Gasteiger partial charge in [-0.2, -0.15) is 0 Å². The first kappa shape index (κ1) is 17.5. The average Bonchev–Trinajstić information content (AvgIpc) is 2.66. The number of ether oxygens (including phenoxy) is 2. The van der Waals surface area contributed by atoms with E-state index in [1.54, 1.807) is 12.1 Å². The SMILES string of the molecule is C=CCc1ccccc1OCCOc1ccc2ccccc2c1C(=O)O. The van der Waals surface area contributed by atoms with Crippen molar-refractivity contribution in [1.82, 2.24) is 0 Å². The summed E-state index contributed by atoms with van der Waals surface area (Å²) in [5.74, 6) is 0.126. The number of para-hydroxylation sites is 1. The molecule has 0 fully saturated rings. The number of fused-ring (bicyclic) bond motifs is 1. The van der Waals surface area contributed by atoms with E-state index in [0.717, 1.165) is 23.1 Å². The van der Waals surface area contributed by atoms with Crippen molar-refractivity contribution in [3.63, 3.8) is 0 Å².